The monoisotopic (exact) mass is 313 g/mol. The molecule has 0 aliphatic heterocycles. The van der Waals surface area contributed by atoms with Crippen LogP contribution in [0.2, 0.25) is 5.02 Å². The lowest BCUT2D eigenvalue weighted by molar-refractivity contribution is -0.863. The first-order valence-electron chi connectivity index (χ1n) is 7.70. The van der Waals surface area contributed by atoms with Crippen molar-refractivity contribution < 1.29 is 17.3 Å². The smallest absolute Gasteiger partial charge is 0.0804 e. The third kappa shape index (κ3) is 3.00. The summed E-state index contributed by atoms with van der Waals surface area (Å²) in [6, 6.07) is 8.55. The molecule has 0 spiro atoms. The molecule has 0 saturated heterocycles. The summed E-state index contributed by atoms with van der Waals surface area (Å²) in [4.78, 5) is 1.58. The van der Waals surface area contributed by atoms with Gasteiger partial charge in [0.1, 0.15) is 0 Å². The van der Waals surface area contributed by atoms with Gasteiger partial charge in [0.25, 0.3) is 0 Å². The van der Waals surface area contributed by atoms with E-state index >= 15 is 0 Å². The number of hydrogen-bond acceptors (Lipinski definition) is 0. The fourth-order valence-corrected chi connectivity index (χ4v) is 4.83. The molecule has 3 aliphatic rings. The third-order valence-electron chi connectivity index (χ3n) is 5.30. The summed E-state index contributed by atoms with van der Waals surface area (Å²) in [6.45, 7) is 1.29. The molecule has 1 N–H and O–H groups in total. The van der Waals surface area contributed by atoms with Gasteiger partial charge in [0.2, 0.25) is 0 Å². The van der Waals surface area contributed by atoms with Gasteiger partial charge in [-0.3, -0.25) is 0 Å². The van der Waals surface area contributed by atoms with Crippen molar-refractivity contribution in [2.45, 2.75) is 31.6 Å². The van der Waals surface area contributed by atoms with E-state index in [2.05, 4.69) is 38.4 Å². The van der Waals surface area contributed by atoms with Crippen molar-refractivity contribution in [1.82, 2.24) is 0 Å². The maximum absolute atomic E-state index is 6.49. The van der Waals surface area contributed by atoms with Crippen LogP contribution in [0.15, 0.2) is 24.3 Å². The van der Waals surface area contributed by atoms with Crippen LogP contribution in [0.25, 0.3) is 0 Å². The molecule has 0 amide bonds. The molecule has 0 aromatic heterocycles. The number of hydrogen-bond donors (Lipinski definition) is 1. The predicted molar refractivity (Wildman–Crippen MR) is 80.8 cm³/mol. The molecular weight excluding hydrogens is 289 g/mol. The van der Waals surface area contributed by atoms with E-state index in [1.807, 2.05) is 0 Å². The van der Waals surface area contributed by atoms with Gasteiger partial charge in [-0.25, -0.2) is 0 Å². The third-order valence-corrected chi connectivity index (χ3v) is 5.64. The van der Waals surface area contributed by atoms with Crippen LogP contribution < -0.4 is 17.3 Å². The van der Waals surface area contributed by atoms with Crippen molar-refractivity contribution in [3.05, 3.63) is 34.9 Å². The number of halogens is 2. The molecule has 3 fully saturated rings. The van der Waals surface area contributed by atoms with E-state index in [1.54, 1.807) is 4.90 Å². The molecule has 4 rings (SSSR count). The van der Waals surface area contributed by atoms with Gasteiger partial charge in [-0.05, 0) is 55.1 Å². The minimum atomic E-state index is 0. The van der Waals surface area contributed by atoms with Crippen LogP contribution in [0.4, 0.5) is 0 Å². The molecule has 2 atom stereocenters. The summed E-state index contributed by atoms with van der Waals surface area (Å²) in [5.41, 5.74) is 1.42. The highest BCUT2D eigenvalue weighted by molar-refractivity contribution is 6.31. The van der Waals surface area contributed by atoms with E-state index < -0.39 is 0 Å². The summed E-state index contributed by atoms with van der Waals surface area (Å²) in [6.07, 6.45) is 5.73. The Morgan fingerprint density at radius 1 is 1.05 bits per heavy atom. The number of fused-ring (bicyclic) bond motifs is 3. The van der Waals surface area contributed by atoms with Gasteiger partial charge in [0.05, 0.1) is 20.6 Å². The lowest BCUT2D eigenvalue weighted by atomic mass is 9.57. The summed E-state index contributed by atoms with van der Waals surface area (Å²) < 4.78 is 0. The number of quaternary nitrogens is 1. The SMILES string of the molecule is C[NH+](C)C[C@@H]1C2CCC(CC2)C1c1ccccc1Cl.[Cl-]. The first kappa shape index (κ1) is 16.1. The molecule has 1 unspecified atom stereocenters. The van der Waals surface area contributed by atoms with Crippen LogP contribution in [0.3, 0.4) is 0 Å². The van der Waals surface area contributed by atoms with E-state index in [0.717, 1.165) is 22.8 Å². The Balaban J connectivity index is 0.00000147. The van der Waals surface area contributed by atoms with Gasteiger partial charge in [-0.15, -0.1) is 0 Å². The Morgan fingerprint density at radius 2 is 1.65 bits per heavy atom. The highest BCUT2D eigenvalue weighted by atomic mass is 35.5. The summed E-state index contributed by atoms with van der Waals surface area (Å²) in [5, 5.41) is 0.985. The van der Waals surface area contributed by atoms with E-state index in [4.69, 9.17) is 11.6 Å². The molecule has 3 heteroatoms. The molecule has 3 aliphatic carbocycles. The Labute approximate surface area is 134 Å². The van der Waals surface area contributed by atoms with E-state index in [-0.39, 0.29) is 12.4 Å². The predicted octanol–water partition coefficient (Wildman–Crippen LogP) is 0.00830. The van der Waals surface area contributed by atoms with Gasteiger partial charge in [-0.2, -0.15) is 0 Å². The fourth-order valence-electron chi connectivity index (χ4n) is 4.57. The zero-order valence-corrected chi connectivity index (χ0v) is 13.9. The lowest BCUT2D eigenvalue weighted by Crippen LogP contribution is -3.06. The van der Waals surface area contributed by atoms with Crippen molar-refractivity contribution in [2.24, 2.45) is 17.8 Å². The summed E-state index contributed by atoms with van der Waals surface area (Å²) >= 11 is 6.49. The topological polar surface area (TPSA) is 4.44 Å². The van der Waals surface area contributed by atoms with E-state index in [1.165, 1.54) is 37.8 Å². The summed E-state index contributed by atoms with van der Waals surface area (Å²) in [5.74, 6) is 3.34. The van der Waals surface area contributed by atoms with Crippen LogP contribution in [-0.2, 0) is 0 Å². The zero-order chi connectivity index (χ0) is 13.4. The highest BCUT2D eigenvalue weighted by Crippen LogP contribution is 2.53. The maximum Gasteiger partial charge on any atom is 0.0804 e. The number of nitrogens with one attached hydrogen (secondary N) is 1. The standard InChI is InChI=1S/C17H24ClN.ClH/c1-19(2)11-15-12-7-9-13(10-8-12)17(15)14-5-3-4-6-16(14)18;/h3-6,12-13,15,17H,7-11H2,1-2H3;1H/t12?,13?,15-,17?;/m1./s1. The minimum Gasteiger partial charge on any atom is -1.00 e. The molecule has 0 heterocycles. The van der Waals surface area contributed by atoms with Gasteiger partial charge >= 0.3 is 0 Å². The second-order valence-electron chi connectivity index (χ2n) is 6.80. The molecular formula is C17H25Cl2N. The molecule has 20 heavy (non-hydrogen) atoms. The highest BCUT2D eigenvalue weighted by Gasteiger charge is 2.45. The average Bonchev–Trinajstić information content (AvgIpc) is 2.40. The van der Waals surface area contributed by atoms with Crippen molar-refractivity contribution >= 4 is 11.6 Å². The van der Waals surface area contributed by atoms with Crippen molar-refractivity contribution in [3.63, 3.8) is 0 Å². The molecule has 3 saturated carbocycles. The molecule has 2 bridgehead atoms. The largest absolute Gasteiger partial charge is 1.00 e. The van der Waals surface area contributed by atoms with Gasteiger partial charge in [0.15, 0.2) is 0 Å². The fraction of sp³-hybridized carbons (Fsp3) is 0.647. The van der Waals surface area contributed by atoms with Crippen LogP contribution in [-0.4, -0.2) is 20.6 Å². The van der Waals surface area contributed by atoms with Crippen LogP contribution in [0, 0.1) is 17.8 Å². The molecule has 112 valence electrons. The van der Waals surface area contributed by atoms with Crippen molar-refractivity contribution in [2.75, 3.05) is 20.6 Å². The molecule has 1 nitrogen and oxygen atoms in total. The van der Waals surface area contributed by atoms with Gasteiger partial charge in [0, 0.05) is 10.9 Å². The quantitative estimate of drug-likeness (QED) is 0.802. The Bertz CT molecular complexity index is 438. The normalized spacial score (nSPS) is 32.2. The van der Waals surface area contributed by atoms with E-state index in [9.17, 15) is 0 Å². The first-order valence-corrected chi connectivity index (χ1v) is 8.08. The molecule has 1 aromatic carbocycles. The first-order chi connectivity index (χ1) is 9.16. The average molecular weight is 314 g/mol. The Hall–Kier alpha value is -0.240. The van der Waals surface area contributed by atoms with Crippen LogP contribution in [0.1, 0.15) is 37.2 Å². The Morgan fingerprint density at radius 3 is 2.25 bits per heavy atom. The molecule has 1 aromatic rings. The summed E-state index contributed by atoms with van der Waals surface area (Å²) in [7, 11) is 4.57. The number of rotatable bonds is 3. The second-order valence-corrected chi connectivity index (χ2v) is 7.20. The zero-order valence-electron chi connectivity index (χ0n) is 12.4. The minimum absolute atomic E-state index is 0. The lowest BCUT2D eigenvalue weighted by Gasteiger charge is -2.49. The maximum atomic E-state index is 6.49. The second kappa shape index (κ2) is 6.68. The van der Waals surface area contributed by atoms with Crippen LogP contribution in [0.5, 0.6) is 0 Å². The van der Waals surface area contributed by atoms with Gasteiger partial charge in [-0.1, -0.05) is 29.8 Å². The van der Waals surface area contributed by atoms with E-state index in [0.29, 0.717) is 5.92 Å². The van der Waals surface area contributed by atoms with Gasteiger partial charge < -0.3 is 17.3 Å². The van der Waals surface area contributed by atoms with Crippen molar-refractivity contribution in [1.29, 1.82) is 0 Å². The molecule has 0 radical (unpaired) electrons. The van der Waals surface area contributed by atoms with Crippen molar-refractivity contribution in [3.8, 4) is 0 Å². The Kier molecular flexibility index (Phi) is 5.39. The van der Waals surface area contributed by atoms with Crippen LogP contribution >= 0.6 is 11.6 Å². The number of benzene rings is 1.